The first kappa shape index (κ1) is 11.1. The van der Waals surface area contributed by atoms with E-state index in [-0.39, 0.29) is 5.75 Å². The van der Waals surface area contributed by atoms with Crippen LogP contribution in [0.1, 0.15) is 5.56 Å². The summed E-state index contributed by atoms with van der Waals surface area (Å²) in [6, 6.07) is 10.5. The lowest BCUT2D eigenvalue weighted by atomic mass is 10.1. The van der Waals surface area contributed by atoms with Crippen molar-refractivity contribution in [2.75, 3.05) is 0 Å². The lowest BCUT2D eigenvalue weighted by Gasteiger charge is -2.04. The Balaban J connectivity index is 2.35. The first-order valence-corrected chi connectivity index (χ1v) is 6.23. The molecule has 1 N–H and O–H groups in total. The quantitative estimate of drug-likeness (QED) is 0.493. The molecule has 20 heavy (non-hydrogen) atoms. The fraction of sp³-hybridized carbons (Fsp3) is 0.0625. The molecule has 98 valence electrons. The molecule has 0 fully saturated rings. The van der Waals surface area contributed by atoms with Gasteiger partial charge in [-0.2, -0.15) is 0 Å². The second-order valence-corrected chi connectivity index (χ2v) is 4.82. The summed E-state index contributed by atoms with van der Waals surface area (Å²) in [5.74, 6) is 0.0868. The van der Waals surface area contributed by atoms with Crippen LogP contribution in [-0.4, -0.2) is 5.11 Å². The van der Waals surface area contributed by atoms with E-state index < -0.39 is 5.63 Å². The second kappa shape index (κ2) is 3.63. The van der Waals surface area contributed by atoms with Crippen LogP contribution < -0.4 is 5.63 Å². The molecule has 4 heteroatoms. The van der Waals surface area contributed by atoms with Crippen LogP contribution in [0, 0.1) is 6.92 Å². The topological polar surface area (TPSA) is 63.6 Å². The van der Waals surface area contributed by atoms with Crippen molar-refractivity contribution in [1.29, 1.82) is 0 Å². The van der Waals surface area contributed by atoms with Gasteiger partial charge >= 0.3 is 5.63 Å². The van der Waals surface area contributed by atoms with Gasteiger partial charge in [-0.05, 0) is 18.6 Å². The van der Waals surface area contributed by atoms with E-state index in [1.54, 1.807) is 13.0 Å². The van der Waals surface area contributed by atoms with E-state index in [1.165, 1.54) is 6.07 Å². The number of fused-ring (bicyclic) bond motifs is 4. The van der Waals surface area contributed by atoms with Gasteiger partial charge in [0.1, 0.15) is 22.5 Å². The van der Waals surface area contributed by atoms with Crippen LogP contribution in [0.15, 0.2) is 50.0 Å². The van der Waals surface area contributed by atoms with Gasteiger partial charge in [0.25, 0.3) is 0 Å². The molecule has 4 aromatic rings. The molecule has 4 rings (SSSR count). The van der Waals surface area contributed by atoms with E-state index in [0.717, 1.165) is 5.39 Å². The summed E-state index contributed by atoms with van der Waals surface area (Å²) in [5, 5.41) is 12.6. The largest absolute Gasteiger partial charge is 0.506 e. The minimum atomic E-state index is -0.440. The molecule has 2 aromatic carbocycles. The van der Waals surface area contributed by atoms with Gasteiger partial charge in [0.2, 0.25) is 0 Å². The van der Waals surface area contributed by atoms with Crippen LogP contribution in [0.5, 0.6) is 5.75 Å². The fourth-order valence-electron chi connectivity index (χ4n) is 2.69. The molecule has 0 saturated carbocycles. The highest BCUT2D eigenvalue weighted by Crippen LogP contribution is 2.40. The highest BCUT2D eigenvalue weighted by atomic mass is 16.4. The van der Waals surface area contributed by atoms with E-state index in [2.05, 4.69) is 0 Å². The van der Waals surface area contributed by atoms with Crippen molar-refractivity contribution >= 4 is 32.9 Å². The minimum Gasteiger partial charge on any atom is -0.506 e. The first-order valence-electron chi connectivity index (χ1n) is 6.23. The third kappa shape index (κ3) is 1.33. The predicted molar refractivity (Wildman–Crippen MR) is 76.2 cm³/mol. The van der Waals surface area contributed by atoms with Crippen molar-refractivity contribution in [2.24, 2.45) is 0 Å². The van der Waals surface area contributed by atoms with Crippen LogP contribution in [0.4, 0.5) is 0 Å². The molecule has 0 amide bonds. The fourth-order valence-corrected chi connectivity index (χ4v) is 2.69. The van der Waals surface area contributed by atoms with Crippen LogP contribution in [0.25, 0.3) is 32.9 Å². The van der Waals surface area contributed by atoms with E-state index in [9.17, 15) is 9.90 Å². The molecule has 0 aliphatic carbocycles. The first-order chi connectivity index (χ1) is 9.65. The lowest BCUT2D eigenvalue weighted by molar-refractivity contribution is 0.484. The zero-order chi connectivity index (χ0) is 13.9. The monoisotopic (exact) mass is 266 g/mol. The average Bonchev–Trinajstić information content (AvgIpc) is 2.75. The predicted octanol–water partition coefficient (Wildman–Crippen LogP) is 3.71. The summed E-state index contributed by atoms with van der Waals surface area (Å²) >= 11 is 0. The van der Waals surface area contributed by atoms with Gasteiger partial charge in [-0.3, -0.25) is 0 Å². The number of hydrogen-bond acceptors (Lipinski definition) is 4. The third-order valence-corrected chi connectivity index (χ3v) is 3.54. The van der Waals surface area contributed by atoms with Crippen LogP contribution in [0.2, 0.25) is 0 Å². The molecular formula is C16H10O4. The molecule has 0 bridgehead atoms. The molecule has 0 saturated heterocycles. The Morgan fingerprint density at radius 3 is 2.55 bits per heavy atom. The molecule has 2 heterocycles. The Morgan fingerprint density at radius 2 is 1.70 bits per heavy atom. The van der Waals surface area contributed by atoms with Gasteiger partial charge in [0.15, 0.2) is 0 Å². The van der Waals surface area contributed by atoms with Gasteiger partial charge in [-0.15, -0.1) is 0 Å². The number of para-hydroxylation sites is 1. The van der Waals surface area contributed by atoms with E-state index in [4.69, 9.17) is 8.83 Å². The highest BCUT2D eigenvalue weighted by molar-refractivity contribution is 6.14. The molecule has 0 aliphatic rings. The van der Waals surface area contributed by atoms with Crippen LogP contribution >= 0.6 is 0 Å². The van der Waals surface area contributed by atoms with Crippen molar-refractivity contribution in [3.63, 3.8) is 0 Å². The second-order valence-electron chi connectivity index (χ2n) is 4.82. The van der Waals surface area contributed by atoms with E-state index in [1.807, 2.05) is 24.3 Å². The maximum Gasteiger partial charge on any atom is 0.336 e. The smallest absolute Gasteiger partial charge is 0.336 e. The zero-order valence-electron chi connectivity index (χ0n) is 10.6. The summed E-state index contributed by atoms with van der Waals surface area (Å²) in [5.41, 5.74) is 1.77. The van der Waals surface area contributed by atoms with Gasteiger partial charge < -0.3 is 13.9 Å². The van der Waals surface area contributed by atoms with Crippen LogP contribution in [-0.2, 0) is 0 Å². The Morgan fingerprint density at radius 1 is 0.950 bits per heavy atom. The van der Waals surface area contributed by atoms with Crippen LogP contribution in [0.3, 0.4) is 0 Å². The van der Waals surface area contributed by atoms with E-state index >= 15 is 0 Å². The molecule has 4 nitrogen and oxygen atoms in total. The summed E-state index contributed by atoms with van der Waals surface area (Å²) < 4.78 is 10.9. The maximum absolute atomic E-state index is 11.4. The Bertz CT molecular complexity index is 1040. The summed E-state index contributed by atoms with van der Waals surface area (Å²) in [6.45, 7) is 1.77. The number of rotatable bonds is 0. The Labute approximate surface area is 112 Å². The summed E-state index contributed by atoms with van der Waals surface area (Å²) in [4.78, 5) is 11.4. The van der Waals surface area contributed by atoms with Crippen molar-refractivity contribution in [1.82, 2.24) is 0 Å². The third-order valence-electron chi connectivity index (χ3n) is 3.54. The standard InChI is InChI=1S/C16H10O4/c1-8-6-13(17)20-11-7-12-15(16(18)14(8)11)9-4-2-3-5-10(9)19-12/h2-7,18H,1H3. The lowest BCUT2D eigenvalue weighted by Crippen LogP contribution is -1.97. The molecule has 0 spiro atoms. The zero-order valence-corrected chi connectivity index (χ0v) is 10.6. The maximum atomic E-state index is 11.4. The number of hydrogen-bond donors (Lipinski definition) is 1. The number of phenols is 1. The molecule has 0 aliphatic heterocycles. The molecule has 0 atom stereocenters. The highest BCUT2D eigenvalue weighted by Gasteiger charge is 2.17. The molecule has 0 unspecified atom stereocenters. The Kier molecular flexibility index (Phi) is 2.02. The van der Waals surface area contributed by atoms with Crippen molar-refractivity contribution in [3.8, 4) is 5.75 Å². The summed E-state index contributed by atoms with van der Waals surface area (Å²) in [6.07, 6.45) is 0. The van der Waals surface area contributed by atoms with Gasteiger partial charge in [0, 0.05) is 17.5 Å². The number of aryl methyl sites for hydroxylation is 1. The van der Waals surface area contributed by atoms with Gasteiger partial charge in [-0.1, -0.05) is 18.2 Å². The molecule has 2 aromatic heterocycles. The van der Waals surface area contributed by atoms with Crippen molar-refractivity contribution in [3.05, 3.63) is 52.4 Å². The van der Waals surface area contributed by atoms with Crippen molar-refractivity contribution in [2.45, 2.75) is 6.92 Å². The number of phenolic OH excluding ortho intramolecular Hbond substituents is 1. The van der Waals surface area contributed by atoms with Gasteiger partial charge in [-0.25, -0.2) is 4.79 Å². The Hall–Kier alpha value is -2.75. The summed E-state index contributed by atoms with van der Waals surface area (Å²) in [7, 11) is 0. The number of benzene rings is 2. The molecule has 0 radical (unpaired) electrons. The number of furan rings is 1. The normalized spacial score (nSPS) is 11.7. The molecular weight excluding hydrogens is 256 g/mol. The SMILES string of the molecule is Cc1cc(=O)oc2cc3oc4ccccc4c3c(O)c12. The van der Waals surface area contributed by atoms with E-state index in [0.29, 0.717) is 33.1 Å². The average molecular weight is 266 g/mol. The minimum absolute atomic E-state index is 0.0868. The van der Waals surface area contributed by atoms with Gasteiger partial charge in [0.05, 0.1) is 10.8 Å². The number of aromatic hydroxyl groups is 1. The van der Waals surface area contributed by atoms with Crippen molar-refractivity contribution < 1.29 is 13.9 Å².